The topological polar surface area (TPSA) is 64.3 Å². The molecule has 0 saturated heterocycles. The average Bonchev–Trinajstić information content (AvgIpc) is 2.71. The third-order valence-electron chi connectivity index (χ3n) is 4.09. The molecule has 3 N–H and O–H groups in total. The second-order valence-corrected chi connectivity index (χ2v) is 5.88. The van der Waals surface area contributed by atoms with Crippen LogP contribution in [-0.2, 0) is 4.79 Å². The normalized spacial score (nSPS) is 21.1. The number of carbonyl (C=O) groups excluding carboxylic acids is 1. The fourth-order valence-electron chi connectivity index (χ4n) is 2.81. The quantitative estimate of drug-likeness (QED) is 0.823. The van der Waals surface area contributed by atoms with Gasteiger partial charge in [-0.05, 0) is 30.4 Å². The molecule has 2 rings (SSSR count). The first-order valence-electron chi connectivity index (χ1n) is 6.68. The molecule has 1 atom stereocenters. The van der Waals surface area contributed by atoms with Gasteiger partial charge in [0.25, 0.3) is 0 Å². The molecule has 1 amide bonds. The number of methoxy groups -OCH3 is 1. The molecule has 0 radical (unpaired) electrons. The Balaban J connectivity index is 2.11. The summed E-state index contributed by atoms with van der Waals surface area (Å²) in [6, 6.07) is 5.30. The molecular weight excluding hydrogens is 240 g/mol. The lowest BCUT2D eigenvalue weighted by atomic mass is 9.81. The maximum absolute atomic E-state index is 12.3. The minimum atomic E-state index is 0.0639. The number of anilines is 2. The van der Waals surface area contributed by atoms with Crippen molar-refractivity contribution < 1.29 is 9.53 Å². The average molecular weight is 262 g/mol. The summed E-state index contributed by atoms with van der Waals surface area (Å²) in [6.45, 7) is 4.31. The molecule has 1 aliphatic rings. The van der Waals surface area contributed by atoms with Crippen LogP contribution < -0.4 is 15.8 Å². The smallest absolute Gasteiger partial charge is 0.228 e. The number of nitrogens with two attached hydrogens (primary N) is 1. The fraction of sp³-hybridized carbons (Fsp3) is 0.533. The SMILES string of the molecule is COc1ccc(NC(=O)C2CCCC2(C)C)c(N)c1. The standard InChI is InChI=1S/C15H22N2O2/c1-15(2)8-4-5-11(15)14(18)17-13-7-6-10(19-3)9-12(13)16/h6-7,9,11H,4-5,8,16H2,1-3H3,(H,17,18). The van der Waals surface area contributed by atoms with Gasteiger partial charge in [0, 0.05) is 12.0 Å². The van der Waals surface area contributed by atoms with Crippen molar-refractivity contribution in [3.8, 4) is 5.75 Å². The van der Waals surface area contributed by atoms with Crippen molar-refractivity contribution in [2.45, 2.75) is 33.1 Å². The van der Waals surface area contributed by atoms with Gasteiger partial charge in [0.15, 0.2) is 0 Å². The number of amides is 1. The van der Waals surface area contributed by atoms with Crippen LogP contribution in [0.4, 0.5) is 11.4 Å². The molecule has 0 heterocycles. The van der Waals surface area contributed by atoms with E-state index in [0.717, 1.165) is 19.3 Å². The molecule has 1 aromatic carbocycles. The Labute approximate surface area is 114 Å². The van der Waals surface area contributed by atoms with Gasteiger partial charge in [-0.1, -0.05) is 20.3 Å². The summed E-state index contributed by atoms with van der Waals surface area (Å²) in [6.07, 6.45) is 3.17. The van der Waals surface area contributed by atoms with E-state index in [1.807, 2.05) is 0 Å². The van der Waals surface area contributed by atoms with E-state index >= 15 is 0 Å². The molecule has 1 unspecified atom stereocenters. The third-order valence-corrected chi connectivity index (χ3v) is 4.09. The molecule has 19 heavy (non-hydrogen) atoms. The zero-order valence-corrected chi connectivity index (χ0v) is 11.8. The van der Waals surface area contributed by atoms with E-state index in [-0.39, 0.29) is 17.2 Å². The van der Waals surface area contributed by atoms with Crippen molar-refractivity contribution in [3.05, 3.63) is 18.2 Å². The number of carbonyl (C=O) groups is 1. The maximum Gasteiger partial charge on any atom is 0.228 e. The molecule has 0 spiro atoms. The molecule has 0 aliphatic heterocycles. The van der Waals surface area contributed by atoms with E-state index in [1.54, 1.807) is 25.3 Å². The molecule has 0 bridgehead atoms. The lowest BCUT2D eigenvalue weighted by molar-refractivity contribution is -0.122. The van der Waals surface area contributed by atoms with Crippen molar-refractivity contribution >= 4 is 17.3 Å². The van der Waals surface area contributed by atoms with Crippen LogP contribution in [0.25, 0.3) is 0 Å². The van der Waals surface area contributed by atoms with Gasteiger partial charge >= 0.3 is 0 Å². The summed E-state index contributed by atoms with van der Waals surface area (Å²) in [4.78, 5) is 12.3. The Morgan fingerprint density at radius 2 is 2.21 bits per heavy atom. The third kappa shape index (κ3) is 2.83. The Morgan fingerprint density at radius 3 is 2.74 bits per heavy atom. The first-order valence-corrected chi connectivity index (χ1v) is 6.68. The van der Waals surface area contributed by atoms with Crippen LogP contribution >= 0.6 is 0 Å². The van der Waals surface area contributed by atoms with Crippen molar-refractivity contribution in [2.24, 2.45) is 11.3 Å². The summed E-state index contributed by atoms with van der Waals surface area (Å²) >= 11 is 0. The summed E-state index contributed by atoms with van der Waals surface area (Å²) < 4.78 is 5.10. The van der Waals surface area contributed by atoms with Gasteiger partial charge in [-0.3, -0.25) is 4.79 Å². The highest BCUT2D eigenvalue weighted by Crippen LogP contribution is 2.43. The zero-order valence-electron chi connectivity index (χ0n) is 11.8. The lowest BCUT2D eigenvalue weighted by Gasteiger charge is -2.26. The Hall–Kier alpha value is -1.71. The highest BCUT2D eigenvalue weighted by atomic mass is 16.5. The summed E-state index contributed by atoms with van der Waals surface area (Å²) in [5.74, 6) is 0.824. The molecule has 1 aliphatic carbocycles. The number of hydrogen-bond donors (Lipinski definition) is 2. The van der Waals surface area contributed by atoms with Crippen LogP contribution in [0, 0.1) is 11.3 Å². The fourth-order valence-corrected chi connectivity index (χ4v) is 2.81. The van der Waals surface area contributed by atoms with Gasteiger partial charge in [-0.2, -0.15) is 0 Å². The lowest BCUT2D eigenvalue weighted by Crippen LogP contribution is -2.31. The van der Waals surface area contributed by atoms with Crippen LogP contribution in [0.1, 0.15) is 33.1 Å². The van der Waals surface area contributed by atoms with E-state index in [2.05, 4.69) is 19.2 Å². The van der Waals surface area contributed by atoms with Crippen molar-refractivity contribution in [2.75, 3.05) is 18.2 Å². The van der Waals surface area contributed by atoms with Crippen molar-refractivity contribution in [1.82, 2.24) is 0 Å². The maximum atomic E-state index is 12.3. The summed E-state index contributed by atoms with van der Waals surface area (Å²) in [7, 11) is 1.59. The zero-order chi connectivity index (χ0) is 14.0. The molecular formula is C15H22N2O2. The molecule has 104 valence electrons. The Kier molecular flexibility index (Phi) is 3.69. The number of ether oxygens (including phenoxy) is 1. The van der Waals surface area contributed by atoms with E-state index < -0.39 is 0 Å². The molecule has 1 fully saturated rings. The number of rotatable bonds is 3. The Morgan fingerprint density at radius 1 is 1.47 bits per heavy atom. The molecule has 4 heteroatoms. The van der Waals surface area contributed by atoms with Crippen molar-refractivity contribution in [3.63, 3.8) is 0 Å². The largest absolute Gasteiger partial charge is 0.497 e. The van der Waals surface area contributed by atoms with Crippen LogP contribution in [0.5, 0.6) is 5.75 Å². The van der Waals surface area contributed by atoms with E-state index in [1.165, 1.54) is 0 Å². The monoisotopic (exact) mass is 262 g/mol. The molecule has 1 aromatic rings. The first-order chi connectivity index (χ1) is 8.94. The number of hydrogen-bond acceptors (Lipinski definition) is 3. The van der Waals surface area contributed by atoms with Crippen LogP contribution in [-0.4, -0.2) is 13.0 Å². The van der Waals surface area contributed by atoms with Crippen LogP contribution in [0.3, 0.4) is 0 Å². The highest BCUT2D eigenvalue weighted by Gasteiger charge is 2.39. The van der Waals surface area contributed by atoms with Gasteiger partial charge in [0.1, 0.15) is 5.75 Å². The highest BCUT2D eigenvalue weighted by molar-refractivity contribution is 5.96. The number of nitrogen functional groups attached to an aromatic ring is 1. The minimum Gasteiger partial charge on any atom is -0.497 e. The van der Waals surface area contributed by atoms with Gasteiger partial charge in [0.2, 0.25) is 5.91 Å². The van der Waals surface area contributed by atoms with Crippen LogP contribution in [0.2, 0.25) is 0 Å². The first kappa shape index (κ1) is 13.7. The summed E-state index contributed by atoms with van der Waals surface area (Å²) in [5, 5.41) is 2.94. The van der Waals surface area contributed by atoms with Gasteiger partial charge in [-0.25, -0.2) is 0 Å². The summed E-state index contributed by atoms with van der Waals surface area (Å²) in [5.41, 5.74) is 7.18. The van der Waals surface area contributed by atoms with E-state index in [4.69, 9.17) is 10.5 Å². The second kappa shape index (κ2) is 5.11. The molecule has 4 nitrogen and oxygen atoms in total. The van der Waals surface area contributed by atoms with Crippen LogP contribution in [0.15, 0.2) is 18.2 Å². The van der Waals surface area contributed by atoms with Gasteiger partial charge in [0.05, 0.1) is 18.5 Å². The predicted molar refractivity (Wildman–Crippen MR) is 77.2 cm³/mol. The van der Waals surface area contributed by atoms with E-state index in [9.17, 15) is 4.79 Å². The van der Waals surface area contributed by atoms with Crippen molar-refractivity contribution in [1.29, 1.82) is 0 Å². The minimum absolute atomic E-state index is 0.0639. The van der Waals surface area contributed by atoms with E-state index in [0.29, 0.717) is 17.1 Å². The Bertz CT molecular complexity index is 483. The molecule has 0 aromatic heterocycles. The number of benzene rings is 1. The number of nitrogens with one attached hydrogen (secondary N) is 1. The molecule has 1 saturated carbocycles. The predicted octanol–water partition coefficient (Wildman–Crippen LogP) is 3.04. The van der Waals surface area contributed by atoms with Gasteiger partial charge in [-0.15, -0.1) is 0 Å². The van der Waals surface area contributed by atoms with Gasteiger partial charge < -0.3 is 15.8 Å². The second-order valence-electron chi connectivity index (χ2n) is 5.88.